The van der Waals surface area contributed by atoms with Gasteiger partial charge in [0.1, 0.15) is 0 Å². The van der Waals surface area contributed by atoms with E-state index in [-0.39, 0.29) is 0 Å². The molecule has 1 amide bonds. The van der Waals surface area contributed by atoms with Crippen molar-refractivity contribution in [2.24, 2.45) is 0 Å². The first-order valence-corrected chi connectivity index (χ1v) is 4.47. The van der Waals surface area contributed by atoms with E-state index < -0.39 is 11.7 Å². The molecule has 0 saturated carbocycles. The highest BCUT2D eigenvalue weighted by atomic mass is 35.5. The second-order valence-electron chi connectivity index (χ2n) is 2.92. The second-order valence-corrected chi connectivity index (χ2v) is 3.33. The van der Waals surface area contributed by atoms with Gasteiger partial charge in [-0.25, -0.2) is 0 Å². The number of anilines is 1. The molecule has 1 aromatic rings. The van der Waals surface area contributed by atoms with Gasteiger partial charge in [0.05, 0.1) is 0 Å². The Balaban J connectivity index is 2.93. The molecule has 0 bridgehead atoms. The van der Waals surface area contributed by atoms with Crippen LogP contribution in [0, 0.1) is 6.92 Å². The number of Topliss-reactive ketones (excluding diaryl/α,β-unsaturated/α-hetero) is 1. The van der Waals surface area contributed by atoms with Gasteiger partial charge in [-0.3, -0.25) is 9.59 Å². The van der Waals surface area contributed by atoms with Gasteiger partial charge in [-0.05, 0) is 24.6 Å². The van der Waals surface area contributed by atoms with Crippen molar-refractivity contribution in [2.75, 3.05) is 5.32 Å². The average molecular weight is 212 g/mol. The molecule has 4 heteroatoms. The van der Waals surface area contributed by atoms with Gasteiger partial charge in [0.15, 0.2) is 0 Å². The molecular weight excluding hydrogens is 202 g/mol. The zero-order valence-corrected chi connectivity index (χ0v) is 8.68. The van der Waals surface area contributed by atoms with Crippen LogP contribution in [0.25, 0.3) is 0 Å². The third-order valence-corrected chi connectivity index (χ3v) is 2.25. The fourth-order valence-electron chi connectivity index (χ4n) is 0.953. The predicted molar refractivity (Wildman–Crippen MR) is 55.5 cm³/mol. The maximum Gasteiger partial charge on any atom is 0.291 e. The lowest BCUT2D eigenvalue weighted by Gasteiger charge is -2.07. The summed E-state index contributed by atoms with van der Waals surface area (Å²) in [6.45, 7) is 2.99. The molecule has 0 spiro atoms. The third-order valence-electron chi connectivity index (χ3n) is 1.84. The van der Waals surface area contributed by atoms with Gasteiger partial charge in [-0.15, -0.1) is 0 Å². The Morgan fingerprint density at radius 3 is 2.57 bits per heavy atom. The maximum atomic E-state index is 11.1. The van der Waals surface area contributed by atoms with Gasteiger partial charge in [0.25, 0.3) is 5.91 Å². The summed E-state index contributed by atoms with van der Waals surface area (Å²) in [6.07, 6.45) is 0. The number of rotatable bonds is 2. The molecule has 0 heterocycles. The van der Waals surface area contributed by atoms with Crippen LogP contribution in [0.15, 0.2) is 18.2 Å². The van der Waals surface area contributed by atoms with Crippen molar-refractivity contribution in [3.63, 3.8) is 0 Å². The van der Waals surface area contributed by atoms with E-state index in [1.165, 1.54) is 6.92 Å². The van der Waals surface area contributed by atoms with Gasteiger partial charge in [0.2, 0.25) is 5.78 Å². The van der Waals surface area contributed by atoms with Crippen molar-refractivity contribution in [1.29, 1.82) is 0 Å². The highest BCUT2D eigenvalue weighted by Crippen LogP contribution is 2.22. The fourth-order valence-corrected chi connectivity index (χ4v) is 1.13. The van der Waals surface area contributed by atoms with Crippen LogP contribution in [-0.4, -0.2) is 11.7 Å². The van der Waals surface area contributed by atoms with Crippen molar-refractivity contribution >= 4 is 29.0 Å². The van der Waals surface area contributed by atoms with E-state index >= 15 is 0 Å². The van der Waals surface area contributed by atoms with Gasteiger partial charge in [-0.1, -0.05) is 17.7 Å². The second kappa shape index (κ2) is 4.24. The number of ketones is 1. The summed E-state index contributed by atoms with van der Waals surface area (Å²) in [7, 11) is 0. The lowest BCUT2D eigenvalue weighted by Crippen LogP contribution is -2.20. The monoisotopic (exact) mass is 211 g/mol. The van der Waals surface area contributed by atoms with Crippen LogP contribution in [0.4, 0.5) is 5.69 Å². The average Bonchev–Trinajstić information content (AvgIpc) is 2.12. The van der Waals surface area contributed by atoms with E-state index in [1.807, 2.05) is 0 Å². The van der Waals surface area contributed by atoms with Crippen LogP contribution in [0.2, 0.25) is 5.02 Å². The van der Waals surface area contributed by atoms with Crippen molar-refractivity contribution in [3.8, 4) is 0 Å². The molecular formula is C10H10ClNO2. The lowest BCUT2D eigenvalue weighted by atomic mass is 10.2. The Morgan fingerprint density at radius 2 is 2.00 bits per heavy atom. The van der Waals surface area contributed by atoms with Crippen molar-refractivity contribution < 1.29 is 9.59 Å². The summed E-state index contributed by atoms with van der Waals surface area (Å²) >= 11 is 5.84. The van der Waals surface area contributed by atoms with Gasteiger partial charge < -0.3 is 5.32 Å². The number of hydrogen-bond acceptors (Lipinski definition) is 2. The number of carbonyl (C=O) groups is 2. The lowest BCUT2D eigenvalue weighted by molar-refractivity contribution is -0.133. The first-order chi connectivity index (χ1) is 6.52. The Labute approximate surface area is 87.1 Å². The molecule has 0 aromatic heterocycles. The molecule has 0 aliphatic carbocycles. The van der Waals surface area contributed by atoms with E-state index in [0.29, 0.717) is 10.7 Å². The normalized spacial score (nSPS) is 9.64. The zero-order chi connectivity index (χ0) is 10.7. The van der Waals surface area contributed by atoms with Gasteiger partial charge >= 0.3 is 0 Å². The number of nitrogens with one attached hydrogen (secondary N) is 1. The molecule has 0 fully saturated rings. The van der Waals surface area contributed by atoms with E-state index in [0.717, 1.165) is 5.56 Å². The molecule has 1 rings (SSSR count). The molecule has 0 aliphatic rings. The first kappa shape index (κ1) is 10.7. The fraction of sp³-hybridized carbons (Fsp3) is 0.200. The smallest absolute Gasteiger partial charge is 0.291 e. The molecule has 0 unspecified atom stereocenters. The SMILES string of the molecule is CC(=O)C(=O)Nc1cccc(Cl)c1C. The number of amides is 1. The van der Waals surface area contributed by atoms with Crippen LogP contribution in [0.3, 0.4) is 0 Å². The molecule has 0 aliphatic heterocycles. The molecule has 1 aromatic carbocycles. The third kappa shape index (κ3) is 2.33. The summed E-state index contributed by atoms with van der Waals surface area (Å²) in [5.74, 6) is -1.15. The summed E-state index contributed by atoms with van der Waals surface area (Å²) in [6, 6.07) is 5.13. The minimum atomic E-state index is -0.629. The highest BCUT2D eigenvalue weighted by molar-refractivity contribution is 6.40. The quantitative estimate of drug-likeness (QED) is 0.763. The van der Waals surface area contributed by atoms with Crippen molar-refractivity contribution in [1.82, 2.24) is 0 Å². The Kier molecular flexibility index (Phi) is 3.25. The maximum absolute atomic E-state index is 11.1. The molecule has 3 nitrogen and oxygen atoms in total. The summed E-state index contributed by atoms with van der Waals surface area (Å²) in [5.41, 5.74) is 1.32. The number of halogens is 1. The minimum absolute atomic E-state index is 0.524. The predicted octanol–water partition coefficient (Wildman–Crippen LogP) is 2.18. The molecule has 0 radical (unpaired) electrons. The van der Waals surface area contributed by atoms with Crippen molar-refractivity contribution in [2.45, 2.75) is 13.8 Å². The van der Waals surface area contributed by atoms with Crippen molar-refractivity contribution in [3.05, 3.63) is 28.8 Å². The van der Waals surface area contributed by atoms with Gasteiger partial charge in [0, 0.05) is 17.6 Å². The summed E-state index contributed by atoms with van der Waals surface area (Å²) < 4.78 is 0. The van der Waals surface area contributed by atoms with Crippen LogP contribution in [0.5, 0.6) is 0 Å². The number of carbonyl (C=O) groups excluding carboxylic acids is 2. The molecule has 14 heavy (non-hydrogen) atoms. The summed E-state index contributed by atoms with van der Waals surface area (Å²) in [4.78, 5) is 21.8. The standard InChI is InChI=1S/C10H10ClNO2/c1-6-8(11)4-3-5-9(6)12-10(14)7(2)13/h3-5H,1-2H3,(H,12,14). The molecule has 0 atom stereocenters. The Hall–Kier alpha value is -1.35. The molecule has 1 N–H and O–H groups in total. The van der Waals surface area contributed by atoms with Crippen LogP contribution >= 0.6 is 11.6 Å². The summed E-state index contributed by atoms with van der Waals surface area (Å²) in [5, 5.41) is 3.04. The van der Waals surface area contributed by atoms with E-state index in [1.54, 1.807) is 25.1 Å². The van der Waals surface area contributed by atoms with E-state index in [4.69, 9.17) is 11.6 Å². The van der Waals surface area contributed by atoms with E-state index in [9.17, 15) is 9.59 Å². The van der Waals surface area contributed by atoms with Crippen LogP contribution in [-0.2, 0) is 9.59 Å². The Bertz CT molecular complexity index is 388. The minimum Gasteiger partial charge on any atom is -0.319 e. The largest absolute Gasteiger partial charge is 0.319 e. The van der Waals surface area contributed by atoms with Gasteiger partial charge in [-0.2, -0.15) is 0 Å². The highest BCUT2D eigenvalue weighted by Gasteiger charge is 2.09. The first-order valence-electron chi connectivity index (χ1n) is 4.09. The molecule has 0 saturated heterocycles. The number of benzene rings is 1. The van der Waals surface area contributed by atoms with Crippen LogP contribution < -0.4 is 5.32 Å². The van der Waals surface area contributed by atoms with E-state index in [2.05, 4.69) is 5.32 Å². The zero-order valence-electron chi connectivity index (χ0n) is 7.93. The number of hydrogen-bond donors (Lipinski definition) is 1. The van der Waals surface area contributed by atoms with Crippen LogP contribution in [0.1, 0.15) is 12.5 Å². The molecule has 74 valence electrons. The topological polar surface area (TPSA) is 46.2 Å². The Morgan fingerprint density at radius 1 is 1.36 bits per heavy atom.